The molecule has 4 nitrogen and oxygen atoms in total. The summed E-state index contributed by atoms with van der Waals surface area (Å²) in [6.07, 6.45) is 1.14. The number of nitrogens with one attached hydrogen (secondary N) is 1. The van der Waals surface area contributed by atoms with Crippen molar-refractivity contribution < 1.29 is 8.42 Å². The quantitative estimate of drug-likeness (QED) is 0.621. The molecule has 1 rings (SSSR count). The lowest BCUT2D eigenvalue weighted by Crippen LogP contribution is -2.17. The zero-order valence-electron chi connectivity index (χ0n) is 9.42. The molecule has 0 bridgehead atoms. The molecule has 0 spiro atoms. The van der Waals surface area contributed by atoms with Crippen molar-refractivity contribution in [2.24, 2.45) is 5.73 Å². The molecule has 0 heterocycles. The van der Waals surface area contributed by atoms with Crippen LogP contribution in [0.3, 0.4) is 0 Å². The van der Waals surface area contributed by atoms with Gasteiger partial charge >= 0.3 is 0 Å². The van der Waals surface area contributed by atoms with Gasteiger partial charge in [-0.25, -0.2) is 8.42 Å². The van der Waals surface area contributed by atoms with Crippen LogP contribution in [0.25, 0.3) is 0 Å². The van der Waals surface area contributed by atoms with Crippen LogP contribution in [0.1, 0.15) is 12.8 Å². The van der Waals surface area contributed by atoms with Crippen molar-refractivity contribution in [3.05, 3.63) is 27.2 Å². The molecule has 0 saturated heterocycles. The average molecular weight is 332 g/mol. The Hall–Kier alpha value is -0.200. The van der Waals surface area contributed by atoms with E-state index in [0.29, 0.717) is 19.4 Å². The molecule has 1 aromatic carbocycles. The molecule has 102 valence electrons. The Morgan fingerprint density at radius 2 is 1.67 bits per heavy atom. The van der Waals surface area contributed by atoms with Crippen LogP contribution in [0, 0.1) is 0 Å². The molecule has 0 saturated carbocycles. The summed E-state index contributed by atoms with van der Waals surface area (Å²) < 4.78 is 25.8. The zero-order chi connectivity index (χ0) is 13.8. The SMILES string of the molecule is NCCCCS(=O)(=O)Nc1cc(Cl)c(Cl)cc1Cl. The van der Waals surface area contributed by atoms with E-state index >= 15 is 0 Å². The molecular formula is C10H13Cl3N2O2S. The lowest BCUT2D eigenvalue weighted by atomic mass is 10.3. The lowest BCUT2D eigenvalue weighted by molar-refractivity contribution is 0.597. The Bertz CT molecular complexity index is 520. The molecule has 0 radical (unpaired) electrons. The van der Waals surface area contributed by atoms with Gasteiger partial charge in [-0.15, -0.1) is 0 Å². The topological polar surface area (TPSA) is 72.2 Å². The Labute approximate surface area is 121 Å². The lowest BCUT2D eigenvalue weighted by Gasteiger charge is -2.10. The van der Waals surface area contributed by atoms with E-state index < -0.39 is 10.0 Å². The van der Waals surface area contributed by atoms with Gasteiger partial charge in [0.05, 0.1) is 26.5 Å². The fraction of sp³-hybridized carbons (Fsp3) is 0.400. The van der Waals surface area contributed by atoms with Crippen molar-refractivity contribution in [1.82, 2.24) is 0 Å². The van der Waals surface area contributed by atoms with Crippen LogP contribution in [0.4, 0.5) is 5.69 Å². The highest BCUT2D eigenvalue weighted by Crippen LogP contribution is 2.32. The van der Waals surface area contributed by atoms with Crippen LogP contribution in [-0.2, 0) is 10.0 Å². The van der Waals surface area contributed by atoms with Crippen molar-refractivity contribution in [1.29, 1.82) is 0 Å². The van der Waals surface area contributed by atoms with Gasteiger partial charge in [-0.1, -0.05) is 34.8 Å². The minimum Gasteiger partial charge on any atom is -0.330 e. The summed E-state index contributed by atoms with van der Waals surface area (Å²) >= 11 is 17.4. The maximum atomic E-state index is 11.7. The highest BCUT2D eigenvalue weighted by Gasteiger charge is 2.13. The maximum absolute atomic E-state index is 11.7. The van der Waals surface area contributed by atoms with E-state index in [2.05, 4.69) is 4.72 Å². The summed E-state index contributed by atoms with van der Waals surface area (Å²) in [4.78, 5) is 0. The number of anilines is 1. The summed E-state index contributed by atoms with van der Waals surface area (Å²) in [5, 5.41) is 0.709. The third-order valence-corrected chi connectivity index (χ3v) is 4.53. The van der Waals surface area contributed by atoms with Crippen molar-refractivity contribution >= 4 is 50.5 Å². The average Bonchev–Trinajstić information content (AvgIpc) is 2.26. The Morgan fingerprint density at radius 1 is 1.06 bits per heavy atom. The molecule has 3 N–H and O–H groups in total. The van der Waals surface area contributed by atoms with E-state index in [1.54, 1.807) is 0 Å². The summed E-state index contributed by atoms with van der Waals surface area (Å²) in [5.74, 6) is -0.0131. The molecule has 0 aliphatic heterocycles. The van der Waals surface area contributed by atoms with E-state index in [-0.39, 0.29) is 26.5 Å². The molecule has 1 aromatic rings. The predicted molar refractivity (Wildman–Crippen MR) is 77.2 cm³/mol. The largest absolute Gasteiger partial charge is 0.330 e. The van der Waals surface area contributed by atoms with Crippen LogP contribution in [-0.4, -0.2) is 20.7 Å². The first-order chi connectivity index (χ1) is 8.35. The van der Waals surface area contributed by atoms with Gasteiger partial charge in [-0.05, 0) is 31.5 Å². The van der Waals surface area contributed by atoms with Gasteiger partial charge in [0, 0.05) is 0 Å². The number of benzene rings is 1. The van der Waals surface area contributed by atoms with Gasteiger partial charge < -0.3 is 5.73 Å². The minimum atomic E-state index is -3.45. The van der Waals surface area contributed by atoms with Crippen LogP contribution < -0.4 is 10.5 Å². The standard InChI is InChI=1S/C10H13Cl3N2O2S/c11-7-5-9(13)10(6-8(7)12)15-18(16,17)4-2-1-3-14/h5-6,15H,1-4,14H2. The second-order valence-corrected chi connectivity index (χ2v) is 6.73. The van der Waals surface area contributed by atoms with Crippen molar-refractivity contribution in [3.8, 4) is 0 Å². The second-order valence-electron chi connectivity index (χ2n) is 3.66. The number of nitrogens with two attached hydrogens (primary N) is 1. The van der Waals surface area contributed by atoms with Crippen LogP contribution in [0.2, 0.25) is 15.1 Å². The van der Waals surface area contributed by atoms with Gasteiger partial charge in [0.2, 0.25) is 10.0 Å². The second kappa shape index (κ2) is 6.82. The molecule has 0 aromatic heterocycles. The summed E-state index contributed by atoms with van der Waals surface area (Å²) in [5.41, 5.74) is 5.52. The maximum Gasteiger partial charge on any atom is 0.232 e. The highest BCUT2D eigenvalue weighted by molar-refractivity contribution is 7.92. The minimum absolute atomic E-state index is 0.0131. The number of hydrogen-bond donors (Lipinski definition) is 2. The van der Waals surface area contributed by atoms with Crippen molar-refractivity contribution in [2.45, 2.75) is 12.8 Å². The van der Waals surface area contributed by atoms with Gasteiger partial charge in [-0.2, -0.15) is 0 Å². The smallest absolute Gasteiger partial charge is 0.232 e. The molecule has 18 heavy (non-hydrogen) atoms. The van der Waals surface area contributed by atoms with Crippen LogP contribution >= 0.6 is 34.8 Å². The molecule has 0 atom stereocenters. The van der Waals surface area contributed by atoms with E-state index in [0.717, 1.165) is 0 Å². The number of hydrogen-bond acceptors (Lipinski definition) is 3. The van der Waals surface area contributed by atoms with Gasteiger partial charge in [0.1, 0.15) is 0 Å². The normalized spacial score (nSPS) is 11.6. The van der Waals surface area contributed by atoms with E-state index in [1.807, 2.05) is 0 Å². The number of rotatable bonds is 6. The van der Waals surface area contributed by atoms with E-state index in [1.165, 1.54) is 12.1 Å². The molecular weight excluding hydrogens is 319 g/mol. The summed E-state index contributed by atoms with van der Waals surface area (Å²) in [7, 11) is -3.45. The predicted octanol–water partition coefficient (Wildman–Crippen LogP) is 3.13. The number of unbranched alkanes of at least 4 members (excludes halogenated alkanes) is 1. The Morgan fingerprint density at radius 3 is 2.28 bits per heavy atom. The van der Waals surface area contributed by atoms with Crippen molar-refractivity contribution in [3.63, 3.8) is 0 Å². The van der Waals surface area contributed by atoms with Crippen LogP contribution in [0.15, 0.2) is 12.1 Å². The molecule has 0 amide bonds. The fourth-order valence-electron chi connectivity index (χ4n) is 1.26. The summed E-state index contributed by atoms with van der Waals surface area (Å²) in [6, 6.07) is 2.77. The summed E-state index contributed by atoms with van der Waals surface area (Å²) in [6.45, 7) is 0.461. The molecule has 8 heteroatoms. The third kappa shape index (κ3) is 4.82. The number of halogens is 3. The monoisotopic (exact) mass is 330 g/mol. The first-order valence-corrected chi connectivity index (χ1v) is 7.99. The molecule has 0 fully saturated rings. The molecule has 0 aliphatic carbocycles. The molecule has 0 unspecified atom stereocenters. The first-order valence-electron chi connectivity index (χ1n) is 5.21. The first kappa shape index (κ1) is 15.9. The zero-order valence-corrected chi connectivity index (χ0v) is 12.5. The van der Waals surface area contributed by atoms with E-state index in [4.69, 9.17) is 40.5 Å². The van der Waals surface area contributed by atoms with E-state index in [9.17, 15) is 8.42 Å². The molecule has 0 aliphatic rings. The Balaban J connectivity index is 2.81. The highest BCUT2D eigenvalue weighted by atomic mass is 35.5. The fourth-order valence-corrected chi connectivity index (χ4v) is 3.10. The number of sulfonamides is 1. The van der Waals surface area contributed by atoms with Gasteiger partial charge in [-0.3, -0.25) is 4.72 Å². The van der Waals surface area contributed by atoms with Crippen molar-refractivity contribution in [2.75, 3.05) is 17.0 Å². The van der Waals surface area contributed by atoms with Gasteiger partial charge in [0.15, 0.2) is 0 Å². The third-order valence-electron chi connectivity index (χ3n) is 2.14. The van der Waals surface area contributed by atoms with Crippen LogP contribution in [0.5, 0.6) is 0 Å². The Kier molecular flexibility index (Phi) is 6.01. The van der Waals surface area contributed by atoms with Gasteiger partial charge in [0.25, 0.3) is 0 Å².